The summed E-state index contributed by atoms with van der Waals surface area (Å²) in [5.74, 6) is 0. The molecule has 0 spiro atoms. The molecule has 0 saturated carbocycles. The van der Waals surface area contributed by atoms with Crippen LogP contribution in [0.1, 0.15) is 12.0 Å². The minimum absolute atomic E-state index is 0.0365. The number of sulfonamides is 2. The van der Waals surface area contributed by atoms with Gasteiger partial charge in [0, 0.05) is 0 Å². The highest BCUT2D eigenvalue weighted by atomic mass is 32.3. The van der Waals surface area contributed by atoms with Crippen LogP contribution < -0.4 is 0 Å². The summed E-state index contributed by atoms with van der Waals surface area (Å²) in [5, 5.41) is 0. The lowest BCUT2D eigenvalue weighted by Gasteiger charge is -2.24. The van der Waals surface area contributed by atoms with Crippen LogP contribution in [0.4, 0.5) is 4.39 Å². The Morgan fingerprint density at radius 2 is 1.13 bits per heavy atom. The molecule has 0 heterocycles. The zero-order valence-corrected chi connectivity index (χ0v) is 18.3. The van der Waals surface area contributed by atoms with E-state index < -0.39 is 33.3 Å². The number of benzene rings is 3. The average Bonchev–Trinajstić information content (AvgIpc) is 2.80. The number of hydrogen-bond donors (Lipinski definition) is 0. The van der Waals surface area contributed by atoms with E-state index in [4.69, 9.17) is 0 Å². The molecule has 0 aliphatic heterocycles. The Labute approximate surface area is 182 Å². The standard InChI is InChI=1S/C23H22FNO4S2/c24-18-10-13-21(20-11-4-1-5-12-20)19-25(30(26,27)22-14-6-2-7-15-22)31(28,29)23-16-8-3-9-17-23/h1-9,11-17H,10,18-19H2/b21-13+. The third kappa shape index (κ3) is 5.28. The molecule has 3 aromatic rings. The van der Waals surface area contributed by atoms with Crippen molar-refractivity contribution in [1.82, 2.24) is 3.71 Å². The van der Waals surface area contributed by atoms with Crippen molar-refractivity contribution in [2.45, 2.75) is 16.2 Å². The van der Waals surface area contributed by atoms with Crippen molar-refractivity contribution in [2.75, 3.05) is 13.2 Å². The van der Waals surface area contributed by atoms with Gasteiger partial charge in [0.2, 0.25) is 0 Å². The minimum atomic E-state index is -4.42. The van der Waals surface area contributed by atoms with Crippen LogP contribution in [0.3, 0.4) is 0 Å². The second-order valence-corrected chi connectivity index (χ2v) is 10.6. The average molecular weight is 460 g/mol. The molecular formula is C23H22FNO4S2. The maximum atomic E-state index is 13.4. The lowest BCUT2D eigenvalue weighted by molar-refractivity contribution is 0.500. The highest BCUT2D eigenvalue weighted by molar-refractivity contribution is 8.04. The number of nitrogens with zero attached hydrogens (tertiary/aromatic N) is 1. The molecule has 0 aliphatic carbocycles. The van der Waals surface area contributed by atoms with Crippen molar-refractivity contribution in [3.05, 3.63) is 103 Å². The largest absolute Gasteiger partial charge is 0.256 e. The van der Waals surface area contributed by atoms with Crippen LogP contribution in [0, 0.1) is 0 Å². The van der Waals surface area contributed by atoms with E-state index in [9.17, 15) is 21.2 Å². The summed E-state index contributed by atoms with van der Waals surface area (Å²) >= 11 is 0. The highest BCUT2D eigenvalue weighted by Crippen LogP contribution is 2.28. The first-order chi connectivity index (χ1) is 14.9. The molecule has 0 unspecified atom stereocenters. The first kappa shape index (κ1) is 22.9. The molecule has 162 valence electrons. The van der Waals surface area contributed by atoms with Crippen LogP contribution in [0.25, 0.3) is 5.57 Å². The Bertz CT molecular complexity index is 1160. The van der Waals surface area contributed by atoms with Crippen molar-refractivity contribution in [3.63, 3.8) is 0 Å². The fourth-order valence-electron chi connectivity index (χ4n) is 3.01. The smallest absolute Gasteiger partial charge is 0.251 e. The number of allylic oxidation sites excluding steroid dienone is 1. The zero-order valence-electron chi connectivity index (χ0n) is 16.6. The molecular weight excluding hydrogens is 437 g/mol. The number of hydrogen-bond acceptors (Lipinski definition) is 4. The number of halogens is 1. The van der Waals surface area contributed by atoms with Gasteiger partial charge in [-0.25, -0.2) is 16.8 Å². The predicted molar refractivity (Wildman–Crippen MR) is 119 cm³/mol. The summed E-state index contributed by atoms with van der Waals surface area (Å²) < 4.78 is 67.2. The summed E-state index contributed by atoms with van der Waals surface area (Å²) in [5.41, 5.74) is 1.02. The molecule has 0 amide bonds. The van der Waals surface area contributed by atoms with E-state index in [2.05, 4.69) is 0 Å². The molecule has 8 heteroatoms. The maximum Gasteiger partial charge on any atom is 0.256 e. The van der Waals surface area contributed by atoms with Crippen molar-refractivity contribution in [1.29, 1.82) is 0 Å². The quantitative estimate of drug-likeness (QED) is 0.472. The van der Waals surface area contributed by atoms with Gasteiger partial charge in [-0.3, -0.25) is 4.39 Å². The molecule has 0 atom stereocenters. The van der Waals surface area contributed by atoms with Crippen LogP contribution in [-0.4, -0.2) is 33.8 Å². The van der Waals surface area contributed by atoms with E-state index in [1.807, 2.05) is 0 Å². The fourth-order valence-corrected chi connectivity index (χ4v) is 6.65. The predicted octanol–water partition coefficient (Wildman–Crippen LogP) is 4.51. The third-order valence-electron chi connectivity index (χ3n) is 4.56. The summed E-state index contributed by atoms with van der Waals surface area (Å²) in [7, 11) is -8.85. The van der Waals surface area contributed by atoms with E-state index >= 15 is 0 Å². The first-order valence-corrected chi connectivity index (χ1v) is 12.4. The number of rotatable bonds is 9. The van der Waals surface area contributed by atoms with Crippen LogP contribution in [0.15, 0.2) is 107 Å². The second-order valence-electron chi connectivity index (χ2n) is 6.64. The second kappa shape index (κ2) is 10.00. The van der Waals surface area contributed by atoms with Gasteiger partial charge < -0.3 is 0 Å². The number of alkyl halides is 1. The van der Waals surface area contributed by atoms with Gasteiger partial charge in [0.25, 0.3) is 20.0 Å². The molecule has 0 aromatic heterocycles. The summed E-state index contributed by atoms with van der Waals surface area (Å²) in [4.78, 5) is -0.292. The lowest BCUT2D eigenvalue weighted by atomic mass is 10.1. The van der Waals surface area contributed by atoms with E-state index in [1.54, 1.807) is 42.5 Å². The molecule has 3 aromatic carbocycles. The van der Waals surface area contributed by atoms with Crippen LogP contribution in [-0.2, 0) is 20.0 Å². The van der Waals surface area contributed by atoms with Gasteiger partial charge >= 0.3 is 0 Å². The van der Waals surface area contributed by atoms with Gasteiger partial charge in [-0.15, -0.1) is 0 Å². The maximum absolute atomic E-state index is 13.4. The van der Waals surface area contributed by atoms with E-state index in [1.165, 1.54) is 54.6 Å². The van der Waals surface area contributed by atoms with Crippen LogP contribution in [0.2, 0.25) is 0 Å². The molecule has 0 radical (unpaired) electrons. The van der Waals surface area contributed by atoms with Crippen molar-refractivity contribution >= 4 is 25.6 Å². The molecule has 0 aliphatic rings. The fraction of sp³-hybridized carbons (Fsp3) is 0.130. The lowest BCUT2D eigenvalue weighted by Crippen LogP contribution is -2.38. The molecule has 0 N–H and O–H groups in total. The van der Waals surface area contributed by atoms with Gasteiger partial charge in [-0.05, 0) is 41.8 Å². The Balaban J connectivity index is 2.16. The Kier molecular flexibility index (Phi) is 7.37. The highest BCUT2D eigenvalue weighted by Gasteiger charge is 2.37. The van der Waals surface area contributed by atoms with Gasteiger partial charge in [0.05, 0.1) is 23.0 Å². The van der Waals surface area contributed by atoms with Crippen LogP contribution in [0.5, 0.6) is 0 Å². The molecule has 0 fully saturated rings. The summed E-state index contributed by atoms with van der Waals surface area (Å²) in [6.07, 6.45) is 1.57. The summed E-state index contributed by atoms with van der Waals surface area (Å²) in [6, 6.07) is 23.5. The molecule has 0 saturated heterocycles. The van der Waals surface area contributed by atoms with Gasteiger partial charge in [0.1, 0.15) is 0 Å². The topological polar surface area (TPSA) is 71.5 Å². The van der Waals surface area contributed by atoms with Crippen LogP contribution >= 0.6 is 0 Å². The van der Waals surface area contributed by atoms with Crippen molar-refractivity contribution in [3.8, 4) is 0 Å². The van der Waals surface area contributed by atoms with Crippen molar-refractivity contribution < 1.29 is 21.2 Å². The normalized spacial score (nSPS) is 12.8. The zero-order chi connectivity index (χ0) is 22.3. The Hall–Kier alpha value is -2.81. The molecule has 5 nitrogen and oxygen atoms in total. The first-order valence-electron chi connectivity index (χ1n) is 9.56. The van der Waals surface area contributed by atoms with E-state index in [0.29, 0.717) is 14.8 Å². The van der Waals surface area contributed by atoms with E-state index in [0.717, 1.165) is 0 Å². The van der Waals surface area contributed by atoms with E-state index in [-0.39, 0.29) is 16.2 Å². The van der Waals surface area contributed by atoms with Crippen molar-refractivity contribution in [2.24, 2.45) is 0 Å². The molecule has 0 bridgehead atoms. The SMILES string of the molecule is O=S(=O)(c1ccccc1)N(C/C(=C\CCF)c1ccccc1)S(=O)(=O)c1ccccc1. The van der Waals surface area contributed by atoms with Gasteiger partial charge in [-0.2, -0.15) is 0 Å². The molecule has 3 rings (SSSR count). The molecule has 31 heavy (non-hydrogen) atoms. The Morgan fingerprint density at radius 3 is 1.55 bits per heavy atom. The van der Waals surface area contributed by atoms with Gasteiger partial charge in [-0.1, -0.05) is 76.5 Å². The Morgan fingerprint density at radius 1 is 0.710 bits per heavy atom. The minimum Gasteiger partial charge on any atom is -0.251 e. The summed E-state index contributed by atoms with van der Waals surface area (Å²) in [6.45, 7) is -1.11. The third-order valence-corrected chi connectivity index (χ3v) is 8.81. The monoisotopic (exact) mass is 459 g/mol. The van der Waals surface area contributed by atoms with Gasteiger partial charge in [0.15, 0.2) is 0 Å².